The molecule has 0 amide bonds. The van der Waals surface area contributed by atoms with Gasteiger partial charge in [-0.15, -0.1) is 0 Å². The summed E-state index contributed by atoms with van der Waals surface area (Å²) < 4.78 is 29.9. The zero-order valence-electron chi connectivity index (χ0n) is 17.7. The van der Waals surface area contributed by atoms with E-state index < -0.39 is 15.5 Å². The van der Waals surface area contributed by atoms with Crippen molar-refractivity contribution in [1.82, 2.24) is 0 Å². The SMILES string of the molecule is CCCCCCCCCCCCS(=O)(=O)OCC12CCC(CC1=O)C2(C)C. The predicted octanol–water partition coefficient (Wildman–Crippen LogP) is 5.65. The molecule has 158 valence electrons. The molecule has 2 fully saturated rings. The lowest BCUT2D eigenvalue weighted by Gasteiger charge is -2.35. The van der Waals surface area contributed by atoms with Gasteiger partial charge in [0.05, 0.1) is 17.8 Å². The Morgan fingerprint density at radius 1 is 0.963 bits per heavy atom. The van der Waals surface area contributed by atoms with Crippen molar-refractivity contribution < 1.29 is 17.4 Å². The highest BCUT2D eigenvalue weighted by Crippen LogP contribution is 2.63. The third-order valence-corrected chi connectivity index (χ3v) is 8.64. The number of unbranched alkanes of at least 4 members (excludes halogenated alkanes) is 9. The molecule has 4 nitrogen and oxygen atoms in total. The van der Waals surface area contributed by atoms with E-state index in [1.807, 2.05) is 0 Å². The summed E-state index contributed by atoms with van der Waals surface area (Å²) in [4.78, 5) is 12.5. The van der Waals surface area contributed by atoms with Gasteiger partial charge in [0.1, 0.15) is 5.78 Å². The second-order valence-electron chi connectivity index (χ2n) is 9.37. The molecule has 5 heteroatoms. The minimum atomic E-state index is -3.53. The highest BCUT2D eigenvalue weighted by molar-refractivity contribution is 7.86. The van der Waals surface area contributed by atoms with Crippen molar-refractivity contribution in [3.8, 4) is 0 Å². The quantitative estimate of drug-likeness (QED) is 0.279. The van der Waals surface area contributed by atoms with E-state index in [9.17, 15) is 13.2 Å². The van der Waals surface area contributed by atoms with E-state index in [1.165, 1.54) is 44.9 Å². The van der Waals surface area contributed by atoms with Crippen molar-refractivity contribution in [3.63, 3.8) is 0 Å². The number of ketones is 1. The number of hydrogen-bond donors (Lipinski definition) is 0. The van der Waals surface area contributed by atoms with Gasteiger partial charge in [-0.2, -0.15) is 8.42 Å². The Balaban J connectivity index is 1.61. The summed E-state index contributed by atoms with van der Waals surface area (Å²) in [5.74, 6) is 0.675. The maximum absolute atomic E-state index is 12.5. The third-order valence-electron chi connectivity index (χ3n) is 7.37. The van der Waals surface area contributed by atoms with E-state index in [0.717, 1.165) is 25.7 Å². The molecule has 0 aromatic rings. The first-order chi connectivity index (χ1) is 12.8. The maximum atomic E-state index is 12.5. The number of fused-ring (bicyclic) bond motifs is 2. The van der Waals surface area contributed by atoms with Crippen LogP contribution in [-0.4, -0.2) is 26.6 Å². The zero-order chi connectivity index (χ0) is 20.0. The molecule has 0 heterocycles. The molecule has 0 aromatic carbocycles. The van der Waals surface area contributed by atoms with Gasteiger partial charge in [0, 0.05) is 6.42 Å². The zero-order valence-corrected chi connectivity index (χ0v) is 18.5. The molecule has 2 aliphatic rings. The largest absolute Gasteiger partial charge is 0.299 e. The highest BCUT2D eigenvalue weighted by Gasteiger charge is 2.64. The molecular weight excluding hydrogens is 360 g/mol. The van der Waals surface area contributed by atoms with Crippen LogP contribution in [0.3, 0.4) is 0 Å². The van der Waals surface area contributed by atoms with E-state index >= 15 is 0 Å². The standard InChI is InChI=1S/C22H40O4S/c1-4-5-6-7-8-9-10-11-12-13-16-27(24,25)26-18-22-15-14-19(17-20(22)23)21(22,2)3/h19H,4-18H2,1-3H3. The lowest BCUT2D eigenvalue weighted by molar-refractivity contribution is -0.131. The molecule has 2 saturated carbocycles. The van der Waals surface area contributed by atoms with Gasteiger partial charge < -0.3 is 0 Å². The minimum Gasteiger partial charge on any atom is -0.299 e. The van der Waals surface area contributed by atoms with Crippen LogP contribution >= 0.6 is 0 Å². The molecule has 27 heavy (non-hydrogen) atoms. The van der Waals surface area contributed by atoms with Crippen LogP contribution in [0, 0.1) is 16.7 Å². The van der Waals surface area contributed by atoms with Crippen LogP contribution in [0.1, 0.15) is 104 Å². The van der Waals surface area contributed by atoms with Crippen LogP contribution < -0.4 is 0 Å². The van der Waals surface area contributed by atoms with Gasteiger partial charge in [-0.05, 0) is 30.6 Å². The lowest BCUT2D eigenvalue weighted by Crippen LogP contribution is -2.41. The first-order valence-electron chi connectivity index (χ1n) is 11.2. The van der Waals surface area contributed by atoms with E-state index in [-0.39, 0.29) is 23.6 Å². The number of hydrogen-bond acceptors (Lipinski definition) is 4. The van der Waals surface area contributed by atoms with Crippen molar-refractivity contribution in [2.75, 3.05) is 12.4 Å². The number of carbonyl (C=O) groups is 1. The molecule has 0 radical (unpaired) electrons. The average molecular weight is 401 g/mol. The van der Waals surface area contributed by atoms with E-state index in [4.69, 9.17) is 4.18 Å². The van der Waals surface area contributed by atoms with E-state index in [1.54, 1.807) is 0 Å². The first-order valence-corrected chi connectivity index (χ1v) is 12.7. The summed E-state index contributed by atoms with van der Waals surface area (Å²) in [6, 6.07) is 0. The van der Waals surface area contributed by atoms with Crippen LogP contribution in [0.2, 0.25) is 0 Å². The van der Waals surface area contributed by atoms with Gasteiger partial charge >= 0.3 is 0 Å². The summed E-state index contributed by atoms with van der Waals surface area (Å²) in [6.07, 6.45) is 14.1. The number of Topliss-reactive ketones (excluding diaryl/α,β-unsaturated/α-hetero) is 1. The van der Waals surface area contributed by atoms with Crippen molar-refractivity contribution in [2.24, 2.45) is 16.7 Å². The van der Waals surface area contributed by atoms with Gasteiger partial charge in [0.15, 0.2) is 0 Å². The molecular formula is C22H40O4S. The fourth-order valence-electron chi connectivity index (χ4n) is 5.12. The Morgan fingerprint density at radius 2 is 1.52 bits per heavy atom. The van der Waals surface area contributed by atoms with Gasteiger partial charge in [0.2, 0.25) is 0 Å². The summed E-state index contributed by atoms with van der Waals surface area (Å²) >= 11 is 0. The molecule has 0 aliphatic heterocycles. The molecule has 2 bridgehead atoms. The van der Waals surface area contributed by atoms with Gasteiger partial charge in [-0.1, -0.05) is 78.6 Å². The van der Waals surface area contributed by atoms with Crippen LogP contribution in [0.25, 0.3) is 0 Å². The highest BCUT2D eigenvalue weighted by atomic mass is 32.2. The molecule has 0 aromatic heterocycles. The Labute approximate surface area is 167 Å². The normalized spacial score (nSPS) is 26.8. The van der Waals surface area contributed by atoms with E-state index in [2.05, 4.69) is 20.8 Å². The summed E-state index contributed by atoms with van der Waals surface area (Å²) in [7, 11) is -3.53. The van der Waals surface area contributed by atoms with Crippen molar-refractivity contribution in [2.45, 2.75) is 104 Å². The monoisotopic (exact) mass is 400 g/mol. The van der Waals surface area contributed by atoms with Crippen LogP contribution in [-0.2, 0) is 19.1 Å². The Hall–Kier alpha value is -0.420. The van der Waals surface area contributed by atoms with Crippen molar-refractivity contribution >= 4 is 15.9 Å². The summed E-state index contributed by atoms with van der Waals surface area (Å²) in [5, 5.41) is 0. The minimum absolute atomic E-state index is 0.0510. The lowest BCUT2D eigenvalue weighted by atomic mass is 9.69. The Bertz CT molecular complexity index is 581. The summed E-state index contributed by atoms with van der Waals surface area (Å²) in [6.45, 7) is 6.49. The first kappa shape index (κ1) is 22.9. The maximum Gasteiger partial charge on any atom is 0.267 e. The fourth-order valence-corrected chi connectivity index (χ4v) is 6.18. The average Bonchev–Trinajstić information content (AvgIpc) is 2.96. The van der Waals surface area contributed by atoms with Crippen LogP contribution in [0.4, 0.5) is 0 Å². The predicted molar refractivity (Wildman–Crippen MR) is 110 cm³/mol. The van der Waals surface area contributed by atoms with Crippen molar-refractivity contribution in [1.29, 1.82) is 0 Å². The molecule has 2 unspecified atom stereocenters. The van der Waals surface area contributed by atoms with Gasteiger partial charge in [-0.3, -0.25) is 8.98 Å². The third kappa shape index (κ3) is 5.56. The molecule has 2 atom stereocenters. The van der Waals surface area contributed by atoms with Gasteiger partial charge in [0.25, 0.3) is 10.1 Å². The molecule has 2 rings (SSSR count). The van der Waals surface area contributed by atoms with Crippen LogP contribution in [0.15, 0.2) is 0 Å². The van der Waals surface area contributed by atoms with Gasteiger partial charge in [-0.25, -0.2) is 0 Å². The Kier molecular flexibility index (Phi) is 8.35. The van der Waals surface area contributed by atoms with E-state index in [0.29, 0.717) is 18.8 Å². The molecule has 0 saturated heterocycles. The number of rotatable bonds is 14. The van der Waals surface area contributed by atoms with Crippen molar-refractivity contribution in [3.05, 3.63) is 0 Å². The fraction of sp³-hybridized carbons (Fsp3) is 0.955. The molecule has 0 spiro atoms. The second kappa shape index (κ2) is 9.87. The topological polar surface area (TPSA) is 60.4 Å². The molecule has 2 aliphatic carbocycles. The smallest absolute Gasteiger partial charge is 0.267 e. The summed E-state index contributed by atoms with van der Waals surface area (Å²) in [5.41, 5.74) is -0.723. The Morgan fingerprint density at radius 3 is 2.00 bits per heavy atom. The molecule has 0 N–H and O–H groups in total. The number of carbonyl (C=O) groups excluding carboxylic acids is 1. The second-order valence-corrected chi connectivity index (χ2v) is 11.1. The van der Waals surface area contributed by atoms with Crippen LogP contribution in [0.5, 0.6) is 0 Å².